The third kappa shape index (κ3) is 4.71. The van der Waals surface area contributed by atoms with Crippen molar-refractivity contribution in [2.75, 3.05) is 13.2 Å². The molecule has 3 atom stereocenters. The molecule has 26 heavy (non-hydrogen) atoms. The standard InChI is InChI=1S/C20H26O6/c1-12-5-4-6-13(2)10-17(26-20(24)15(11-22)7-8-21)18-14(3)19(23)25-16(18)9-12/h6-7,9,16-18,21-22H,3-5,8,10-11H2,1-2H3/t16?,17?,18-/m0/s1. The Kier molecular flexibility index (Phi) is 6.94. The summed E-state index contributed by atoms with van der Waals surface area (Å²) >= 11 is 0. The molecule has 2 N–H and O–H groups in total. The van der Waals surface area contributed by atoms with Gasteiger partial charge in [0.1, 0.15) is 12.2 Å². The van der Waals surface area contributed by atoms with Crippen molar-refractivity contribution >= 4 is 11.9 Å². The van der Waals surface area contributed by atoms with Crippen LogP contribution in [0.2, 0.25) is 0 Å². The summed E-state index contributed by atoms with van der Waals surface area (Å²) in [4.78, 5) is 24.4. The van der Waals surface area contributed by atoms with Crippen molar-refractivity contribution < 1.29 is 29.3 Å². The largest absolute Gasteiger partial charge is 0.458 e. The lowest BCUT2D eigenvalue weighted by atomic mass is 9.85. The van der Waals surface area contributed by atoms with Crippen molar-refractivity contribution in [3.05, 3.63) is 47.1 Å². The van der Waals surface area contributed by atoms with Crippen molar-refractivity contribution in [2.24, 2.45) is 5.92 Å². The number of aliphatic hydroxyl groups excluding tert-OH is 2. The van der Waals surface area contributed by atoms with E-state index in [9.17, 15) is 14.7 Å². The Hall–Kier alpha value is -2.18. The van der Waals surface area contributed by atoms with Gasteiger partial charge >= 0.3 is 11.9 Å². The number of fused-ring (bicyclic) bond motifs is 1. The van der Waals surface area contributed by atoms with E-state index in [1.54, 1.807) is 0 Å². The van der Waals surface area contributed by atoms with Crippen LogP contribution in [0.1, 0.15) is 33.1 Å². The molecule has 0 radical (unpaired) electrons. The van der Waals surface area contributed by atoms with E-state index in [1.807, 2.05) is 19.9 Å². The maximum Gasteiger partial charge on any atom is 0.336 e. The molecule has 1 heterocycles. The lowest BCUT2D eigenvalue weighted by Gasteiger charge is -2.27. The Bertz CT molecular complexity index is 670. The van der Waals surface area contributed by atoms with Crippen LogP contribution in [0.25, 0.3) is 0 Å². The molecule has 6 nitrogen and oxygen atoms in total. The van der Waals surface area contributed by atoms with E-state index in [0.29, 0.717) is 6.42 Å². The minimum atomic E-state index is -0.719. The summed E-state index contributed by atoms with van der Waals surface area (Å²) < 4.78 is 11.1. The number of hydrogen-bond acceptors (Lipinski definition) is 6. The van der Waals surface area contributed by atoms with Gasteiger partial charge in [-0.1, -0.05) is 23.8 Å². The van der Waals surface area contributed by atoms with E-state index in [4.69, 9.17) is 14.6 Å². The molecule has 142 valence electrons. The second kappa shape index (κ2) is 8.96. The molecule has 0 aromatic carbocycles. The highest BCUT2D eigenvalue weighted by Gasteiger charge is 2.44. The summed E-state index contributed by atoms with van der Waals surface area (Å²) in [6, 6.07) is 0. The summed E-state index contributed by atoms with van der Waals surface area (Å²) in [7, 11) is 0. The van der Waals surface area contributed by atoms with Gasteiger partial charge in [0, 0.05) is 12.0 Å². The summed E-state index contributed by atoms with van der Waals surface area (Å²) in [5.41, 5.74) is 2.39. The van der Waals surface area contributed by atoms with Crippen LogP contribution in [0.15, 0.2) is 47.1 Å². The second-order valence-electron chi connectivity index (χ2n) is 6.74. The molecule has 0 amide bonds. The zero-order valence-corrected chi connectivity index (χ0v) is 15.2. The van der Waals surface area contributed by atoms with Gasteiger partial charge < -0.3 is 19.7 Å². The van der Waals surface area contributed by atoms with E-state index in [0.717, 1.165) is 24.0 Å². The van der Waals surface area contributed by atoms with Crippen molar-refractivity contribution in [1.82, 2.24) is 0 Å². The number of ether oxygens (including phenoxy) is 2. The number of carbonyl (C=O) groups is 2. The van der Waals surface area contributed by atoms with Crippen molar-refractivity contribution in [3.8, 4) is 0 Å². The number of hydrogen-bond donors (Lipinski definition) is 2. The first-order valence-corrected chi connectivity index (χ1v) is 8.71. The van der Waals surface area contributed by atoms with E-state index < -0.39 is 36.7 Å². The summed E-state index contributed by atoms with van der Waals surface area (Å²) in [6.45, 7) is 6.85. The molecule has 0 spiro atoms. The topological polar surface area (TPSA) is 93.1 Å². The highest BCUT2D eigenvalue weighted by atomic mass is 16.6. The SMILES string of the molecule is C=C1C(=O)OC2C=C(C)CCC=C(C)CC(OC(=O)C(=CCO)CO)[C@@H]12. The fourth-order valence-corrected chi connectivity index (χ4v) is 3.27. The predicted molar refractivity (Wildman–Crippen MR) is 96.0 cm³/mol. The lowest BCUT2D eigenvalue weighted by molar-refractivity contribution is -0.147. The molecule has 1 fully saturated rings. The zero-order valence-electron chi connectivity index (χ0n) is 15.2. The Morgan fingerprint density at radius 3 is 2.77 bits per heavy atom. The third-order valence-electron chi connectivity index (χ3n) is 4.69. The summed E-state index contributed by atoms with van der Waals surface area (Å²) in [5, 5.41) is 18.3. The van der Waals surface area contributed by atoms with Crippen LogP contribution in [0.5, 0.6) is 0 Å². The first kappa shape index (κ1) is 20.1. The fraction of sp³-hybridized carbons (Fsp3) is 0.500. The van der Waals surface area contributed by atoms with Gasteiger partial charge in [-0.25, -0.2) is 9.59 Å². The van der Waals surface area contributed by atoms with E-state index in [-0.39, 0.29) is 17.8 Å². The molecular weight excluding hydrogens is 336 g/mol. The van der Waals surface area contributed by atoms with Crippen molar-refractivity contribution in [3.63, 3.8) is 0 Å². The molecule has 0 saturated carbocycles. The average molecular weight is 362 g/mol. The minimum Gasteiger partial charge on any atom is -0.458 e. The fourth-order valence-electron chi connectivity index (χ4n) is 3.27. The Balaban J connectivity index is 2.36. The summed E-state index contributed by atoms with van der Waals surface area (Å²) in [5.74, 6) is -1.70. The maximum absolute atomic E-state index is 12.4. The molecule has 1 aliphatic carbocycles. The molecule has 2 aliphatic rings. The van der Waals surface area contributed by atoms with E-state index in [2.05, 4.69) is 12.7 Å². The van der Waals surface area contributed by atoms with E-state index in [1.165, 1.54) is 6.08 Å². The second-order valence-corrected chi connectivity index (χ2v) is 6.74. The molecule has 1 saturated heterocycles. The van der Waals surface area contributed by atoms with Crippen LogP contribution in [0.3, 0.4) is 0 Å². The van der Waals surface area contributed by atoms with Gasteiger partial charge in [0.2, 0.25) is 0 Å². The van der Waals surface area contributed by atoms with Gasteiger partial charge in [-0.05, 0) is 38.8 Å². The predicted octanol–water partition coefficient (Wildman–Crippen LogP) is 1.98. The van der Waals surface area contributed by atoms with Gasteiger partial charge in [0.15, 0.2) is 0 Å². The molecule has 0 aromatic rings. The molecule has 0 bridgehead atoms. The van der Waals surface area contributed by atoms with Crippen LogP contribution in [-0.4, -0.2) is 47.6 Å². The van der Waals surface area contributed by atoms with Gasteiger partial charge in [0.05, 0.1) is 24.7 Å². The lowest BCUT2D eigenvalue weighted by Crippen LogP contribution is -2.34. The summed E-state index contributed by atoms with van der Waals surface area (Å²) in [6.07, 6.45) is 6.17. The molecule has 2 unspecified atom stereocenters. The van der Waals surface area contributed by atoms with Crippen LogP contribution in [-0.2, 0) is 19.1 Å². The van der Waals surface area contributed by atoms with Gasteiger partial charge in [-0.2, -0.15) is 0 Å². The monoisotopic (exact) mass is 362 g/mol. The van der Waals surface area contributed by atoms with Crippen molar-refractivity contribution in [2.45, 2.75) is 45.3 Å². The van der Waals surface area contributed by atoms with Crippen LogP contribution in [0, 0.1) is 5.92 Å². The number of esters is 2. The molecule has 1 aliphatic heterocycles. The smallest absolute Gasteiger partial charge is 0.336 e. The number of aliphatic hydroxyl groups is 2. The van der Waals surface area contributed by atoms with Gasteiger partial charge in [0.25, 0.3) is 0 Å². The number of carbonyl (C=O) groups excluding carboxylic acids is 2. The number of rotatable bonds is 4. The Morgan fingerprint density at radius 1 is 1.38 bits per heavy atom. The minimum absolute atomic E-state index is 0.0228. The van der Waals surface area contributed by atoms with E-state index >= 15 is 0 Å². The maximum atomic E-state index is 12.4. The Labute approximate surface area is 153 Å². The molecule has 2 rings (SSSR count). The third-order valence-corrected chi connectivity index (χ3v) is 4.69. The van der Waals surface area contributed by atoms with Gasteiger partial charge in [-0.15, -0.1) is 0 Å². The molecule has 0 aromatic heterocycles. The van der Waals surface area contributed by atoms with Crippen molar-refractivity contribution in [1.29, 1.82) is 0 Å². The Morgan fingerprint density at radius 2 is 2.12 bits per heavy atom. The first-order valence-electron chi connectivity index (χ1n) is 8.71. The quantitative estimate of drug-likeness (QED) is 0.451. The van der Waals surface area contributed by atoms with Crippen LogP contribution in [0.4, 0.5) is 0 Å². The highest BCUT2D eigenvalue weighted by Crippen LogP contribution is 2.36. The number of allylic oxidation sites excluding steroid dienone is 2. The molecule has 6 heteroatoms. The van der Waals surface area contributed by atoms with Crippen LogP contribution >= 0.6 is 0 Å². The average Bonchev–Trinajstić information content (AvgIpc) is 2.85. The van der Waals surface area contributed by atoms with Gasteiger partial charge in [-0.3, -0.25) is 0 Å². The van der Waals surface area contributed by atoms with Crippen LogP contribution < -0.4 is 0 Å². The highest BCUT2D eigenvalue weighted by molar-refractivity contribution is 5.92. The molecular formula is C20H26O6. The zero-order chi connectivity index (χ0) is 19.3. The normalized spacial score (nSPS) is 27.2. The first-order chi connectivity index (χ1) is 12.4.